The number of anilines is 1. The van der Waals surface area contributed by atoms with Gasteiger partial charge in [-0.1, -0.05) is 41.9 Å². The number of nitrogens with zero attached hydrogens (tertiary/aromatic N) is 1. The van der Waals surface area contributed by atoms with Crippen molar-refractivity contribution in [2.24, 2.45) is 0 Å². The molecule has 0 saturated carbocycles. The maximum atomic E-state index is 11.7. The van der Waals surface area contributed by atoms with Gasteiger partial charge in [-0.3, -0.25) is 4.79 Å². The first kappa shape index (κ1) is 12.3. The Bertz CT molecular complexity index is 567. The highest BCUT2D eigenvalue weighted by molar-refractivity contribution is 6.32. The number of carbonyl (C=O) groups excluding carboxylic acids is 1. The van der Waals surface area contributed by atoms with Gasteiger partial charge in [0.15, 0.2) is 5.15 Å². The summed E-state index contributed by atoms with van der Waals surface area (Å²) in [6.45, 7) is 0. The monoisotopic (exact) mass is 258 g/mol. The van der Waals surface area contributed by atoms with E-state index >= 15 is 0 Å². The first-order valence-corrected chi connectivity index (χ1v) is 5.78. The van der Waals surface area contributed by atoms with E-state index in [9.17, 15) is 4.79 Å². The molecule has 0 saturated heterocycles. The van der Waals surface area contributed by atoms with E-state index in [-0.39, 0.29) is 11.1 Å². The van der Waals surface area contributed by atoms with Crippen LogP contribution in [0.4, 0.5) is 5.69 Å². The lowest BCUT2D eigenvalue weighted by molar-refractivity contribution is -0.111. The number of rotatable bonds is 3. The van der Waals surface area contributed by atoms with E-state index in [1.807, 2.05) is 30.3 Å². The van der Waals surface area contributed by atoms with Crippen LogP contribution in [0.1, 0.15) is 5.56 Å². The fourth-order valence-electron chi connectivity index (χ4n) is 1.39. The van der Waals surface area contributed by atoms with Crippen LogP contribution in [0.25, 0.3) is 6.08 Å². The SMILES string of the molecule is O=C(/C=C/c1ccccc1)Nc1cccnc1Cl. The molecule has 1 N–H and O–H groups in total. The van der Waals surface area contributed by atoms with Gasteiger partial charge in [0.1, 0.15) is 0 Å². The highest BCUT2D eigenvalue weighted by Crippen LogP contribution is 2.17. The molecule has 4 heteroatoms. The van der Waals surface area contributed by atoms with Crippen LogP contribution in [0.3, 0.4) is 0 Å². The van der Waals surface area contributed by atoms with Gasteiger partial charge in [-0.15, -0.1) is 0 Å². The number of halogens is 1. The lowest BCUT2D eigenvalue weighted by Gasteiger charge is -2.02. The smallest absolute Gasteiger partial charge is 0.248 e. The summed E-state index contributed by atoms with van der Waals surface area (Å²) < 4.78 is 0. The summed E-state index contributed by atoms with van der Waals surface area (Å²) in [5, 5.41) is 2.94. The molecule has 1 aromatic heterocycles. The maximum Gasteiger partial charge on any atom is 0.248 e. The van der Waals surface area contributed by atoms with Gasteiger partial charge in [0, 0.05) is 12.3 Å². The van der Waals surface area contributed by atoms with Gasteiger partial charge in [-0.05, 0) is 23.8 Å². The highest BCUT2D eigenvalue weighted by Gasteiger charge is 2.02. The molecule has 0 fully saturated rings. The summed E-state index contributed by atoms with van der Waals surface area (Å²) in [5.74, 6) is -0.242. The van der Waals surface area contributed by atoms with Gasteiger partial charge in [-0.2, -0.15) is 0 Å². The van der Waals surface area contributed by atoms with Gasteiger partial charge < -0.3 is 5.32 Å². The van der Waals surface area contributed by atoms with Crippen LogP contribution in [0.15, 0.2) is 54.7 Å². The number of aromatic nitrogens is 1. The van der Waals surface area contributed by atoms with Crippen molar-refractivity contribution in [3.63, 3.8) is 0 Å². The molecule has 1 heterocycles. The second-order valence-electron chi connectivity index (χ2n) is 3.58. The fraction of sp³-hybridized carbons (Fsp3) is 0. The predicted molar refractivity (Wildman–Crippen MR) is 73.4 cm³/mol. The zero-order valence-electron chi connectivity index (χ0n) is 9.51. The third kappa shape index (κ3) is 3.43. The first-order chi connectivity index (χ1) is 8.75. The van der Waals surface area contributed by atoms with Crippen molar-refractivity contribution in [2.75, 3.05) is 5.32 Å². The first-order valence-electron chi connectivity index (χ1n) is 5.40. The number of hydrogen-bond acceptors (Lipinski definition) is 2. The van der Waals surface area contributed by atoms with Gasteiger partial charge in [-0.25, -0.2) is 4.98 Å². The largest absolute Gasteiger partial charge is 0.320 e. The minimum absolute atomic E-state index is 0.242. The molecule has 0 radical (unpaired) electrons. The van der Waals surface area contributed by atoms with Crippen LogP contribution in [0.2, 0.25) is 5.15 Å². The van der Waals surface area contributed by atoms with Gasteiger partial charge in [0.25, 0.3) is 0 Å². The zero-order valence-corrected chi connectivity index (χ0v) is 10.3. The molecule has 0 spiro atoms. The van der Waals surface area contributed by atoms with Crippen molar-refractivity contribution in [2.45, 2.75) is 0 Å². The van der Waals surface area contributed by atoms with E-state index in [0.717, 1.165) is 5.56 Å². The van der Waals surface area contributed by atoms with Crippen molar-refractivity contribution < 1.29 is 4.79 Å². The molecule has 0 bridgehead atoms. The Hall–Kier alpha value is -2.13. The lowest BCUT2D eigenvalue weighted by Crippen LogP contribution is -2.08. The van der Waals surface area contributed by atoms with E-state index in [2.05, 4.69) is 10.3 Å². The minimum atomic E-state index is -0.242. The highest BCUT2D eigenvalue weighted by atomic mass is 35.5. The molecule has 1 aromatic carbocycles. The van der Waals surface area contributed by atoms with Crippen LogP contribution < -0.4 is 5.32 Å². The van der Waals surface area contributed by atoms with Gasteiger partial charge in [0.2, 0.25) is 5.91 Å². The summed E-state index contributed by atoms with van der Waals surface area (Å²) in [4.78, 5) is 15.5. The van der Waals surface area contributed by atoms with Crippen molar-refractivity contribution >= 4 is 29.3 Å². The molecule has 0 unspecified atom stereocenters. The van der Waals surface area contributed by atoms with Crippen LogP contribution >= 0.6 is 11.6 Å². The summed E-state index contributed by atoms with van der Waals surface area (Å²) in [7, 11) is 0. The Kier molecular flexibility index (Phi) is 4.10. The van der Waals surface area contributed by atoms with E-state index in [1.54, 1.807) is 24.4 Å². The molecule has 3 nitrogen and oxygen atoms in total. The Balaban J connectivity index is 2.02. The Morgan fingerprint density at radius 3 is 2.67 bits per heavy atom. The predicted octanol–water partition coefficient (Wildman–Crippen LogP) is 3.39. The maximum absolute atomic E-state index is 11.7. The number of amides is 1. The summed E-state index contributed by atoms with van der Waals surface area (Å²) >= 11 is 5.84. The molecule has 90 valence electrons. The molecule has 2 rings (SSSR count). The zero-order chi connectivity index (χ0) is 12.8. The van der Waals surface area contributed by atoms with Crippen LogP contribution in [-0.4, -0.2) is 10.9 Å². The molecular formula is C14H11ClN2O. The summed E-state index contributed by atoms with van der Waals surface area (Å²) in [6, 6.07) is 13.0. The number of pyridine rings is 1. The van der Waals surface area contributed by atoms with E-state index in [4.69, 9.17) is 11.6 Å². The number of nitrogens with one attached hydrogen (secondary N) is 1. The average molecular weight is 259 g/mol. The van der Waals surface area contributed by atoms with Crippen molar-refractivity contribution in [1.29, 1.82) is 0 Å². The Labute approximate surface area is 110 Å². The second kappa shape index (κ2) is 5.98. The third-order valence-electron chi connectivity index (χ3n) is 2.24. The molecule has 0 aliphatic carbocycles. The molecule has 0 aliphatic heterocycles. The normalized spacial score (nSPS) is 10.5. The Morgan fingerprint density at radius 2 is 1.94 bits per heavy atom. The molecule has 0 atom stereocenters. The molecule has 1 amide bonds. The minimum Gasteiger partial charge on any atom is -0.320 e. The van der Waals surface area contributed by atoms with Crippen molar-refractivity contribution in [1.82, 2.24) is 4.98 Å². The standard InChI is InChI=1S/C14H11ClN2O/c15-14-12(7-4-10-16-14)17-13(18)9-8-11-5-2-1-3-6-11/h1-10H,(H,17,18)/b9-8+. The lowest BCUT2D eigenvalue weighted by atomic mass is 10.2. The fourth-order valence-corrected chi connectivity index (χ4v) is 1.56. The Morgan fingerprint density at radius 1 is 1.17 bits per heavy atom. The summed E-state index contributed by atoms with van der Waals surface area (Å²) in [6.07, 6.45) is 4.76. The van der Waals surface area contributed by atoms with E-state index in [1.165, 1.54) is 6.08 Å². The van der Waals surface area contributed by atoms with Crippen LogP contribution in [0.5, 0.6) is 0 Å². The topological polar surface area (TPSA) is 42.0 Å². The number of hydrogen-bond donors (Lipinski definition) is 1. The average Bonchev–Trinajstić information content (AvgIpc) is 2.40. The number of carbonyl (C=O) groups is 1. The van der Waals surface area contributed by atoms with Gasteiger partial charge in [0.05, 0.1) is 5.69 Å². The summed E-state index contributed by atoms with van der Waals surface area (Å²) in [5.41, 5.74) is 1.46. The van der Waals surface area contributed by atoms with Crippen molar-refractivity contribution in [3.8, 4) is 0 Å². The van der Waals surface area contributed by atoms with Crippen molar-refractivity contribution in [3.05, 3.63) is 65.5 Å². The molecular weight excluding hydrogens is 248 g/mol. The number of benzene rings is 1. The quantitative estimate of drug-likeness (QED) is 0.677. The van der Waals surface area contributed by atoms with E-state index < -0.39 is 0 Å². The third-order valence-corrected chi connectivity index (χ3v) is 2.54. The van der Waals surface area contributed by atoms with E-state index in [0.29, 0.717) is 5.69 Å². The van der Waals surface area contributed by atoms with Crippen LogP contribution in [-0.2, 0) is 4.79 Å². The second-order valence-corrected chi connectivity index (χ2v) is 3.93. The molecule has 2 aromatic rings. The van der Waals surface area contributed by atoms with Crippen LogP contribution in [0, 0.1) is 0 Å². The molecule has 0 aliphatic rings. The van der Waals surface area contributed by atoms with Gasteiger partial charge >= 0.3 is 0 Å². The molecule has 18 heavy (non-hydrogen) atoms.